The fraction of sp³-hybridized carbons (Fsp3) is 0.622. The molecule has 2 aliphatic heterocycles. The Kier molecular flexibility index (Phi) is 4.82. The number of allylic oxidation sites excluding steroid dienone is 1. The van der Waals surface area contributed by atoms with E-state index in [1.165, 1.54) is 33.3 Å². The molecule has 222 valence electrons. The molecule has 7 aliphatic rings. The lowest BCUT2D eigenvalue weighted by molar-refractivity contribution is -0.215. The summed E-state index contributed by atoms with van der Waals surface area (Å²) >= 11 is 0. The van der Waals surface area contributed by atoms with Crippen LogP contribution in [-0.2, 0) is 21.3 Å². The Labute approximate surface area is 249 Å². The third-order valence-corrected chi connectivity index (χ3v) is 14.1. The molecule has 5 nitrogen and oxygen atoms in total. The van der Waals surface area contributed by atoms with E-state index in [9.17, 15) is 10.2 Å². The van der Waals surface area contributed by atoms with Gasteiger partial charge in [-0.15, -0.1) is 0 Å². The zero-order valence-electron chi connectivity index (χ0n) is 25.7. The molecule has 2 aromatic rings. The fourth-order valence-corrected chi connectivity index (χ4v) is 11.7. The summed E-state index contributed by atoms with van der Waals surface area (Å²) in [6.07, 6.45) is 5.79. The predicted octanol–water partition coefficient (Wildman–Crippen LogP) is 6.69. The van der Waals surface area contributed by atoms with Gasteiger partial charge >= 0.3 is 0 Å². The lowest BCUT2D eigenvalue weighted by atomic mass is 9.42. The van der Waals surface area contributed by atoms with Crippen molar-refractivity contribution in [2.45, 2.75) is 120 Å². The quantitative estimate of drug-likeness (QED) is 0.336. The van der Waals surface area contributed by atoms with Gasteiger partial charge in [-0.05, 0) is 111 Å². The summed E-state index contributed by atoms with van der Waals surface area (Å²) in [5.74, 6) is 1.74. The number of aliphatic hydroxyl groups is 2. The number of rotatable bonds is 1. The van der Waals surface area contributed by atoms with Crippen LogP contribution in [0.1, 0.15) is 101 Å². The van der Waals surface area contributed by atoms with E-state index in [0.29, 0.717) is 24.2 Å². The normalized spacial score (nSPS) is 47.4. The first-order chi connectivity index (χ1) is 19.8. The molecule has 5 aliphatic carbocycles. The van der Waals surface area contributed by atoms with Crippen molar-refractivity contribution >= 4 is 10.9 Å². The van der Waals surface area contributed by atoms with Crippen LogP contribution < -0.4 is 0 Å². The summed E-state index contributed by atoms with van der Waals surface area (Å²) in [6, 6.07) is 4.63. The molecule has 0 amide bonds. The number of hydrogen-bond acceptors (Lipinski definition) is 4. The van der Waals surface area contributed by atoms with E-state index in [4.69, 9.17) is 9.47 Å². The van der Waals surface area contributed by atoms with Crippen LogP contribution >= 0.6 is 0 Å². The summed E-state index contributed by atoms with van der Waals surface area (Å²) in [4.78, 5) is 4.00. The van der Waals surface area contributed by atoms with Gasteiger partial charge in [0, 0.05) is 38.9 Å². The topological polar surface area (TPSA) is 74.7 Å². The molecule has 3 heterocycles. The minimum absolute atomic E-state index is 0.0144. The number of aliphatic hydroxyl groups excluding tert-OH is 1. The van der Waals surface area contributed by atoms with Gasteiger partial charge in [-0.2, -0.15) is 0 Å². The maximum absolute atomic E-state index is 13.0. The van der Waals surface area contributed by atoms with Crippen molar-refractivity contribution in [1.29, 1.82) is 0 Å². The van der Waals surface area contributed by atoms with Crippen LogP contribution in [0.5, 0.6) is 0 Å². The molecule has 1 aromatic heterocycles. The minimum Gasteiger partial charge on any atom is -0.386 e. The summed E-state index contributed by atoms with van der Waals surface area (Å²) in [6.45, 7) is 19.9. The Morgan fingerprint density at radius 3 is 2.62 bits per heavy atom. The number of aromatic amines is 1. The third kappa shape index (κ3) is 2.70. The number of aromatic nitrogens is 1. The predicted molar refractivity (Wildman–Crippen MR) is 163 cm³/mol. The Balaban J connectivity index is 1.27. The van der Waals surface area contributed by atoms with Gasteiger partial charge in [0.15, 0.2) is 0 Å². The van der Waals surface area contributed by atoms with Gasteiger partial charge < -0.3 is 24.7 Å². The van der Waals surface area contributed by atoms with E-state index in [2.05, 4.69) is 58.0 Å². The standard InChI is InChI=1S/C37H45NO4/c1-17(2)31-25(39)16-22-26(41-31)11-12-35(6)36(7)21(10-13-37(22,35)40)32-30-29-24(38-33(30)36)9-8-19-14-18(3)20-15-23(28(20)27(19)29)34(4,5)42-32/h8-9,16,20-21,23,25-26,28,31-32,38-40H,1,3,10-15H2,2,4-7H3. The first kappa shape index (κ1) is 26.2. The largest absolute Gasteiger partial charge is 0.386 e. The van der Waals surface area contributed by atoms with Crippen molar-refractivity contribution in [3.05, 3.63) is 70.5 Å². The fourth-order valence-electron chi connectivity index (χ4n) is 11.7. The molecule has 1 aromatic carbocycles. The molecule has 3 fully saturated rings. The van der Waals surface area contributed by atoms with Gasteiger partial charge in [0.25, 0.3) is 0 Å². The lowest BCUT2D eigenvalue weighted by Crippen LogP contribution is -2.68. The first-order valence-electron chi connectivity index (χ1n) is 16.3. The van der Waals surface area contributed by atoms with Crippen molar-refractivity contribution in [2.24, 2.45) is 23.2 Å². The van der Waals surface area contributed by atoms with Crippen LogP contribution in [0.2, 0.25) is 0 Å². The molecular weight excluding hydrogens is 522 g/mol. The second-order valence-corrected chi connectivity index (χ2v) is 16.0. The van der Waals surface area contributed by atoms with E-state index >= 15 is 0 Å². The maximum atomic E-state index is 13.0. The van der Waals surface area contributed by atoms with Crippen LogP contribution in [0.15, 0.2) is 48.1 Å². The van der Waals surface area contributed by atoms with E-state index in [-0.39, 0.29) is 29.1 Å². The Bertz CT molecular complexity index is 1650. The molecule has 5 heteroatoms. The highest BCUT2D eigenvalue weighted by Gasteiger charge is 2.73. The molecule has 9 rings (SSSR count). The molecule has 0 spiro atoms. The Morgan fingerprint density at radius 1 is 1.07 bits per heavy atom. The van der Waals surface area contributed by atoms with E-state index in [0.717, 1.165) is 43.3 Å². The zero-order chi connectivity index (χ0) is 29.3. The molecule has 0 saturated heterocycles. The number of benzene rings is 1. The molecule has 0 bridgehead atoms. The molecule has 3 saturated carbocycles. The molecule has 0 radical (unpaired) electrons. The summed E-state index contributed by atoms with van der Waals surface area (Å²) < 4.78 is 13.9. The van der Waals surface area contributed by atoms with Gasteiger partial charge in [0.2, 0.25) is 0 Å². The van der Waals surface area contributed by atoms with E-state index in [1.807, 2.05) is 13.0 Å². The zero-order valence-corrected chi connectivity index (χ0v) is 25.7. The number of ether oxygens (including phenoxy) is 2. The van der Waals surface area contributed by atoms with E-state index in [1.54, 1.807) is 5.56 Å². The number of H-pyrrole nitrogens is 1. The Hall–Kier alpha value is -2.18. The molecular formula is C37H45NO4. The highest BCUT2D eigenvalue weighted by Crippen LogP contribution is 2.74. The minimum atomic E-state index is -1.08. The summed E-state index contributed by atoms with van der Waals surface area (Å²) in [7, 11) is 0. The van der Waals surface area contributed by atoms with Crippen LogP contribution in [0, 0.1) is 23.2 Å². The molecule has 11 atom stereocenters. The second kappa shape index (κ2) is 7.72. The smallest absolute Gasteiger partial charge is 0.108 e. The second-order valence-electron chi connectivity index (χ2n) is 16.0. The van der Waals surface area contributed by atoms with Gasteiger partial charge in [0.05, 0.1) is 23.4 Å². The van der Waals surface area contributed by atoms with Crippen LogP contribution in [0.25, 0.3) is 10.9 Å². The van der Waals surface area contributed by atoms with Gasteiger partial charge in [-0.1, -0.05) is 38.6 Å². The molecule has 42 heavy (non-hydrogen) atoms. The molecule has 11 unspecified atom stereocenters. The third-order valence-electron chi connectivity index (χ3n) is 14.1. The SMILES string of the molecule is C=C1Cc2ccc3[nH]c4c5c3c2C2C1CC2C(C)(C)OC5C1CCC2(O)C3=CC(O)C(C(=C)C)OC3CCC2(C)C41C. The highest BCUT2D eigenvalue weighted by molar-refractivity contribution is 5.92. The number of fused-ring (bicyclic) bond motifs is 7. The average molecular weight is 568 g/mol. The average Bonchev–Trinajstić information content (AvgIpc) is 3.38. The van der Waals surface area contributed by atoms with Crippen molar-refractivity contribution in [2.75, 3.05) is 0 Å². The number of nitrogens with one attached hydrogen (secondary N) is 1. The lowest BCUT2D eigenvalue weighted by Gasteiger charge is -2.65. The number of hydrogen-bond donors (Lipinski definition) is 3. The monoisotopic (exact) mass is 567 g/mol. The summed E-state index contributed by atoms with van der Waals surface area (Å²) in [5, 5.41) is 25.5. The van der Waals surface area contributed by atoms with Crippen molar-refractivity contribution in [3.63, 3.8) is 0 Å². The highest BCUT2D eigenvalue weighted by atomic mass is 16.5. The van der Waals surface area contributed by atoms with Crippen molar-refractivity contribution < 1.29 is 19.7 Å². The Morgan fingerprint density at radius 2 is 1.86 bits per heavy atom. The maximum Gasteiger partial charge on any atom is 0.108 e. The van der Waals surface area contributed by atoms with Crippen LogP contribution in [-0.4, -0.2) is 44.7 Å². The first-order valence-corrected chi connectivity index (χ1v) is 16.3. The van der Waals surface area contributed by atoms with Gasteiger partial charge in [-0.25, -0.2) is 0 Å². The van der Waals surface area contributed by atoms with Crippen LogP contribution in [0.3, 0.4) is 0 Å². The van der Waals surface area contributed by atoms with Crippen LogP contribution in [0.4, 0.5) is 0 Å². The summed E-state index contributed by atoms with van der Waals surface area (Å²) in [5.41, 5.74) is 7.80. The van der Waals surface area contributed by atoms with E-state index < -0.39 is 23.2 Å². The molecule has 3 N–H and O–H groups in total. The van der Waals surface area contributed by atoms with Gasteiger partial charge in [0.1, 0.15) is 12.2 Å². The van der Waals surface area contributed by atoms with Crippen molar-refractivity contribution in [3.8, 4) is 0 Å². The van der Waals surface area contributed by atoms with Crippen molar-refractivity contribution in [1.82, 2.24) is 4.98 Å². The van der Waals surface area contributed by atoms with Gasteiger partial charge in [-0.3, -0.25) is 0 Å².